The first-order chi connectivity index (χ1) is 7.71. The Bertz CT molecular complexity index is 393. The minimum atomic E-state index is -0.0400. The van der Waals surface area contributed by atoms with Crippen LogP contribution in [-0.4, -0.2) is 32.8 Å². The molecule has 1 rings (SSSR count). The van der Waals surface area contributed by atoms with E-state index in [4.69, 9.17) is 10.2 Å². The highest BCUT2D eigenvalue weighted by atomic mass is 16.3. The van der Waals surface area contributed by atoms with Crippen molar-refractivity contribution in [2.45, 2.75) is 39.8 Å². The summed E-state index contributed by atoms with van der Waals surface area (Å²) in [6.07, 6.45) is 0.826. The van der Waals surface area contributed by atoms with Crippen molar-refractivity contribution in [3.05, 3.63) is 21.6 Å². The summed E-state index contributed by atoms with van der Waals surface area (Å²) in [5, 5.41) is 18.0. The van der Waals surface area contributed by atoms with Gasteiger partial charge in [-0.2, -0.15) is 0 Å². The van der Waals surface area contributed by atoms with Crippen molar-refractivity contribution >= 4 is 0 Å². The van der Waals surface area contributed by atoms with Crippen LogP contribution >= 0.6 is 0 Å². The topological polar surface area (TPSA) is 67.4 Å². The second-order valence-electron chi connectivity index (χ2n) is 3.61. The smallest absolute Gasteiger partial charge is 0.270 e. The van der Waals surface area contributed by atoms with Gasteiger partial charge in [-0.3, -0.25) is 14.2 Å². The zero-order chi connectivity index (χ0) is 12.1. The van der Waals surface area contributed by atoms with Crippen molar-refractivity contribution < 1.29 is 10.2 Å². The molecule has 0 fully saturated rings. The van der Waals surface area contributed by atoms with Crippen LogP contribution in [0.1, 0.15) is 25.1 Å². The van der Waals surface area contributed by atoms with Crippen LogP contribution in [0.5, 0.6) is 0 Å². The highest BCUT2D eigenvalue weighted by Gasteiger charge is 2.16. The highest BCUT2D eigenvalue weighted by molar-refractivity contribution is 5.20. The van der Waals surface area contributed by atoms with Crippen molar-refractivity contribution in [3.63, 3.8) is 0 Å². The molecule has 0 saturated carbocycles. The first kappa shape index (κ1) is 13.0. The lowest BCUT2D eigenvalue weighted by atomic mass is 10.1. The molecule has 0 aromatic carbocycles. The second-order valence-corrected chi connectivity index (χ2v) is 3.61. The Morgan fingerprint density at radius 1 is 1.00 bits per heavy atom. The Kier molecular flexibility index (Phi) is 4.76. The Balaban J connectivity index is 3.33. The van der Waals surface area contributed by atoms with Gasteiger partial charge in [0.25, 0.3) is 5.56 Å². The molecule has 1 aromatic rings. The van der Waals surface area contributed by atoms with Gasteiger partial charge >= 0.3 is 0 Å². The van der Waals surface area contributed by atoms with Crippen LogP contribution in [0.2, 0.25) is 0 Å². The molecule has 0 aliphatic rings. The van der Waals surface area contributed by atoms with Crippen LogP contribution in [0, 0.1) is 0 Å². The maximum absolute atomic E-state index is 12.0. The zero-order valence-electron chi connectivity index (χ0n) is 9.94. The number of hydrogen-bond acceptors (Lipinski definition) is 3. The van der Waals surface area contributed by atoms with E-state index in [9.17, 15) is 4.79 Å². The molecule has 0 radical (unpaired) electrons. The van der Waals surface area contributed by atoms with Crippen molar-refractivity contribution in [2.24, 2.45) is 0 Å². The third kappa shape index (κ3) is 2.20. The van der Waals surface area contributed by atoms with Crippen LogP contribution in [0.15, 0.2) is 4.79 Å². The highest BCUT2D eigenvalue weighted by Crippen LogP contribution is 2.08. The normalized spacial score (nSPS) is 11.0. The molecule has 5 heteroatoms. The number of hydrogen-bond donors (Lipinski definition) is 2. The third-order valence-electron chi connectivity index (χ3n) is 2.75. The molecule has 1 aromatic heterocycles. The molecule has 0 aliphatic carbocycles. The van der Waals surface area contributed by atoms with E-state index < -0.39 is 0 Å². The van der Waals surface area contributed by atoms with Crippen LogP contribution in [0.3, 0.4) is 0 Å². The van der Waals surface area contributed by atoms with Gasteiger partial charge < -0.3 is 10.2 Å². The Morgan fingerprint density at radius 3 is 2.00 bits per heavy atom. The quantitative estimate of drug-likeness (QED) is 0.706. The molecular formula is C11H20N2O3. The molecule has 2 N–H and O–H groups in total. The first-order valence-corrected chi connectivity index (χ1v) is 5.74. The fourth-order valence-corrected chi connectivity index (χ4v) is 2.12. The average molecular weight is 228 g/mol. The van der Waals surface area contributed by atoms with E-state index >= 15 is 0 Å². The molecule has 5 nitrogen and oxygen atoms in total. The van der Waals surface area contributed by atoms with Crippen molar-refractivity contribution in [3.8, 4) is 0 Å². The molecule has 0 saturated heterocycles. The molecular weight excluding hydrogens is 208 g/mol. The minimum absolute atomic E-state index is 0.0194. The van der Waals surface area contributed by atoms with E-state index in [-0.39, 0.29) is 18.8 Å². The summed E-state index contributed by atoms with van der Waals surface area (Å²) >= 11 is 0. The Hall–Kier alpha value is -1.07. The number of rotatable bonds is 6. The van der Waals surface area contributed by atoms with Gasteiger partial charge in [-0.25, -0.2) is 0 Å². The molecule has 0 spiro atoms. The number of aromatic nitrogens is 2. The van der Waals surface area contributed by atoms with Gasteiger partial charge in [0.05, 0.1) is 0 Å². The molecule has 1 heterocycles. The monoisotopic (exact) mass is 228 g/mol. The van der Waals surface area contributed by atoms with Crippen LogP contribution < -0.4 is 5.56 Å². The van der Waals surface area contributed by atoms with Gasteiger partial charge in [0.15, 0.2) is 0 Å². The fraction of sp³-hybridized carbons (Fsp3) is 0.727. The van der Waals surface area contributed by atoms with E-state index in [2.05, 4.69) is 0 Å². The van der Waals surface area contributed by atoms with Gasteiger partial charge in [0.2, 0.25) is 0 Å². The summed E-state index contributed by atoms with van der Waals surface area (Å²) in [6, 6.07) is 0. The third-order valence-corrected chi connectivity index (χ3v) is 2.75. The summed E-state index contributed by atoms with van der Waals surface area (Å²) < 4.78 is 3.56. The summed E-state index contributed by atoms with van der Waals surface area (Å²) in [7, 11) is 0. The average Bonchev–Trinajstić information content (AvgIpc) is 2.53. The largest absolute Gasteiger partial charge is 0.396 e. The predicted molar refractivity (Wildman–Crippen MR) is 61.6 cm³/mol. The fourth-order valence-electron chi connectivity index (χ4n) is 2.12. The maximum atomic E-state index is 12.0. The SMILES string of the molecule is CCn1c(CCO)c(CCO)c(=O)n1CC. The Labute approximate surface area is 94.9 Å². The molecule has 0 atom stereocenters. The Morgan fingerprint density at radius 2 is 1.56 bits per heavy atom. The van der Waals surface area contributed by atoms with E-state index in [0.29, 0.717) is 31.5 Å². The number of nitrogens with zero attached hydrogens (tertiary/aromatic N) is 2. The van der Waals surface area contributed by atoms with E-state index in [1.165, 1.54) is 0 Å². The summed E-state index contributed by atoms with van der Waals surface area (Å²) in [5.41, 5.74) is 1.45. The van der Waals surface area contributed by atoms with Gasteiger partial charge in [0, 0.05) is 50.4 Å². The number of aliphatic hydroxyl groups is 2. The second kappa shape index (κ2) is 5.86. The van der Waals surface area contributed by atoms with E-state index in [0.717, 1.165) is 5.69 Å². The minimum Gasteiger partial charge on any atom is -0.396 e. The lowest BCUT2D eigenvalue weighted by Gasteiger charge is -2.10. The van der Waals surface area contributed by atoms with Gasteiger partial charge in [-0.15, -0.1) is 0 Å². The van der Waals surface area contributed by atoms with Crippen LogP contribution in [-0.2, 0) is 25.9 Å². The summed E-state index contributed by atoms with van der Waals surface area (Å²) in [5.74, 6) is 0. The standard InChI is InChI=1S/C11H20N2O3/c1-3-12-10(6-8-15)9(5-7-14)11(16)13(12)4-2/h14-15H,3-8H2,1-2H3. The molecule has 92 valence electrons. The molecule has 0 aliphatic heterocycles. The maximum Gasteiger partial charge on any atom is 0.270 e. The predicted octanol–water partition coefficient (Wildman–Crippen LogP) is -0.241. The molecule has 0 unspecified atom stereocenters. The van der Waals surface area contributed by atoms with Crippen LogP contribution in [0.25, 0.3) is 0 Å². The zero-order valence-corrected chi connectivity index (χ0v) is 9.94. The van der Waals surface area contributed by atoms with E-state index in [1.807, 2.05) is 18.5 Å². The van der Waals surface area contributed by atoms with Gasteiger partial charge in [0.1, 0.15) is 0 Å². The molecule has 16 heavy (non-hydrogen) atoms. The summed E-state index contributed by atoms with van der Waals surface area (Å²) in [6.45, 7) is 5.17. The summed E-state index contributed by atoms with van der Waals surface area (Å²) in [4.78, 5) is 12.0. The molecule has 0 bridgehead atoms. The number of aliphatic hydroxyl groups excluding tert-OH is 2. The first-order valence-electron chi connectivity index (χ1n) is 5.74. The molecule has 0 amide bonds. The van der Waals surface area contributed by atoms with E-state index in [1.54, 1.807) is 4.68 Å². The van der Waals surface area contributed by atoms with Crippen molar-refractivity contribution in [1.29, 1.82) is 0 Å². The van der Waals surface area contributed by atoms with Crippen molar-refractivity contribution in [2.75, 3.05) is 13.2 Å². The van der Waals surface area contributed by atoms with Crippen LogP contribution in [0.4, 0.5) is 0 Å². The lowest BCUT2D eigenvalue weighted by Crippen LogP contribution is -2.23. The lowest BCUT2D eigenvalue weighted by molar-refractivity contribution is 0.289. The van der Waals surface area contributed by atoms with Gasteiger partial charge in [-0.05, 0) is 13.8 Å². The van der Waals surface area contributed by atoms with Crippen molar-refractivity contribution in [1.82, 2.24) is 9.36 Å². The van der Waals surface area contributed by atoms with Gasteiger partial charge in [-0.1, -0.05) is 0 Å².